The van der Waals surface area contributed by atoms with Crippen LogP contribution < -0.4 is 15.5 Å². The van der Waals surface area contributed by atoms with Crippen molar-refractivity contribution in [2.24, 2.45) is 0 Å². The van der Waals surface area contributed by atoms with Gasteiger partial charge in [0.25, 0.3) is 0 Å². The molecule has 1 aliphatic carbocycles. The maximum atomic E-state index is 12.2. The van der Waals surface area contributed by atoms with Gasteiger partial charge in [-0.1, -0.05) is 0 Å². The number of rotatable bonds is 4. The summed E-state index contributed by atoms with van der Waals surface area (Å²) in [4.78, 5) is 18.7. The van der Waals surface area contributed by atoms with E-state index in [1.807, 2.05) is 18.7 Å². The van der Waals surface area contributed by atoms with Crippen LogP contribution in [0.15, 0.2) is 12.1 Å². The Bertz CT molecular complexity index is 963. The van der Waals surface area contributed by atoms with Gasteiger partial charge in [0.2, 0.25) is 11.9 Å². The number of anilines is 3. The van der Waals surface area contributed by atoms with Crippen molar-refractivity contribution in [3.8, 4) is 0 Å². The molecule has 0 spiro atoms. The third kappa shape index (κ3) is 3.58. The number of nitrogens with one attached hydrogen (secondary N) is 2. The lowest BCUT2D eigenvalue weighted by Gasteiger charge is -2.32. The number of aromatic nitrogens is 3. The van der Waals surface area contributed by atoms with Crippen LogP contribution in [0.2, 0.25) is 0 Å². The highest BCUT2D eigenvalue weighted by Gasteiger charge is 2.29. The fourth-order valence-electron chi connectivity index (χ4n) is 4.99. The van der Waals surface area contributed by atoms with E-state index in [4.69, 9.17) is 10.1 Å². The molecule has 0 bridgehead atoms. The van der Waals surface area contributed by atoms with E-state index >= 15 is 0 Å². The molecule has 1 fully saturated rings. The van der Waals surface area contributed by atoms with Crippen molar-refractivity contribution in [1.82, 2.24) is 20.1 Å². The first-order valence-electron chi connectivity index (χ1n) is 11.0. The lowest BCUT2D eigenvalue weighted by molar-refractivity contribution is -0.117. The molecule has 0 radical (unpaired) electrons. The van der Waals surface area contributed by atoms with E-state index in [-0.39, 0.29) is 18.2 Å². The number of hydrogen-bond acceptors (Lipinski definition) is 6. The third-order valence-electron chi connectivity index (χ3n) is 6.68. The Hall–Kier alpha value is -2.45. The summed E-state index contributed by atoms with van der Waals surface area (Å²) in [5.74, 6) is 1.69. The van der Waals surface area contributed by atoms with Crippen LogP contribution in [0.1, 0.15) is 61.6 Å². The van der Waals surface area contributed by atoms with E-state index in [1.165, 1.54) is 0 Å². The Morgan fingerprint density at radius 2 is 1.97 bits per heavy atom. The van der Waals surface area contributed by atoms with Gasteiger partial charge in [-0.2, -0.15) is 4.98 Å². The molecule has 0 saturated heterocycles. The highest BCUT2D eigenvalue weighted by Crippen LogP contribution is 2.36. The summed E-state index contributed by atoms with van der Waals surface area (Å²) in [6.45, 7) is 2.04. The molecule has 3 aliphatic rings. The minimum absolute atomic E-state index is 0.109. The summed E-state index contributed by atoms with van der Waals surface area (Å²) in [6, 6.07) is 4.54. The molecule has 8 nitrogen and oxygen atoms in total. The van der Waals surface area contributed by atoms with Gasteiger partial charge in [0.15, 0.2) is 0 Å². The average molecular weight is 411 g/mol. The topological polar surface area (TPSA) is 95.3 Å². The van der Waals surface area contributed by atoms with Gasteiger partial charge in [-0.25, -0.2) is 4.68 Å². The monoisotopic (exact) mass is 410 g/mol. The number of hydrogen-bond donors (Lipinski definition) is 3. The molecule has 1 atom stereocenters. The van der Waals surface area contributed by atoms with Crippen molar-refractivity contribution in [1.29, 1.82) is 0 Å². The second kappa shape index (κ2) is 7.67. The second-order valence-corrected chi connectivity index (χ2v) is 8.94. The van der Waals surface area contributed by atoms with Crippen LogP contribution in [0.4, 0.5) is 17.3 Å². The summed E-state index contributed by atoms with van der Waals surface area (Å²) in [5, 5.41) is 21.7. The second-order valence-electron chi connectivity index (χ2n) is 8.94. The molecule has 1 unspecified atom stereocenters. The highest BCUT2D eigenvalue weighted by atomic mass is 16.3. The first-order chi connectivity index (χ1) is 14.5. The zero-order chi connectivity index (χ0) is 20.8. The third-order valence-corrected chi connectivity index (χ3v) is 6.68. The number of aryl methyl sites for hydroxylation is 2. The minimum atomic E-state index is -0.144. The number of fused-ring (bicyclic) bond motifs is 2. The van der Waals surface area contributed by atoms with Crippen LogP contribution in [0.3, 0.4) is 0 Å². The van der Waals surface area contributed by atoms with Crippen molar-refractivity contribution in [3.05, 3.63) is 29.1 Å². The lowest BCUT2D eigenvalue weighted by Crippen LogP contribution is -2.41. The van der Waals surface area contributed by atoms with Gasteiger partial charge in [0, 0.05) is 36.4 Å². The molecular formula is C22H30N6O2. The van der Waals surface area contributed by atoms with Crippen molar-refractivity contribution in [2.45, 2.75) is 76.6 Å². The smallest absolute Gasteiger partial charge is 0.246 e. The van der Waals surface area contributed by atoms with Crippen LogP contribution >= 0.6 is 0 Å². The molecule has 1 aromatic heterocycles. The van der Waals surface area contributed by atoms with Crippen LogP contribution in [0.5, 0.6) is 0 Å². The fraction of sp³-hybridized carbons (Fsp3) is 0.591. The zero-order valence-electron chi connectivity index (χ0n) is 17.7. The van der Waals surface area contributed by atoms with Crippen molar-refractivity contribution in [2.75, 3.05) is 17.3 Å². The summed E-state index contributed by atoms with van der Waals surface area (Å²) >= 11 is 0. The molecule has 1 saturated carbocycles. The van der Waals surface area contributed by atoms with Gasteiger partial charge >= 0.3 is 0 Å². The van der Waals surface area contributed by atoms with Gasteiger partial charge in [-0.3, -0.25) is 10.1 Å². The van der Waals surface area contributed by atoms with Gasteiger partial charge in [-0.15, -0.1) is 5.10 Å². The van der Waals surface area contributed by atoms with Crippen LogP contribution in [0.25, 0.3) is 0 Å². The Morgan fingerprint density at radius 3 is 2.77 bits per heavy atom. The Labute approximate surface area is 176 Å². The number of likely N-dealkylation sites (N-methyl/N-ethyl adjacent to an activating group) is 1. The number of aliphatic hydroxyl groups excluding tert-OH is 1. The molecule has 2 aliphatic heterocycles. The van der Waals surface area contributed by atoms with Gasteiger partial charge < -0.3 is 15.3 Å². The molecule has 1 amide bonds. The maximum absolute atomic E-state index is 12.2. The zero-order valence-corrected chi connectivity index (χ0v) is 17.7. The molecular weight excluding hydrogens is 380 g/mol. The van der Waals surface area contributed by atoms with Gasteiger partial charge in [0.05, 0.1) is 12.5 Å². The SMILES string of the molecule is Cc1cc(Nc2nc3n(n2)C(NC2CCC(O)CC2)CCC3)c2c(c1)N(C)C(=O)C2. The lowest BCUT2D eigenvalue weighted by atomic mass is 9.92. The molecule has 160 valence electrons. The number of carbonyl (C=O) groups is 1. The van der Waals surface area contributed by atoms with Gasteiger partial charge in [0.1, 0.15) is 12.0 Å². The van der Waals surface area contributed by atoms with E-state index in [9.17, 15) is 9.90 Å². The molecule has 3 N–H and O–H groups in total. The highest BCUT2D eigenvalue weighted by molar-refractivity contribution is 6.03. The summed E-state index contributed by atoms with van der Waals surface area (Å²) in [7, 11) is 1.82. The van der Waals surface area contributed by atoms with Crippen molar-refractivity contribution >= 4 is 23.2 Å². The van der Waals surface area contributed by atoms with Crippen LogP contribution in [0, 0.1) is 6.92 Å². The predicted octanol–water partition coefficient (Wildman–Crippen LogP) is 2.58. The molecule has 1 aromatic carbocycles. The summed E-state index contributed by atoms with van der Waals surface area (Å²) in [6.07, 6.45) is 7.19. The molecule has 3 heterocycles. The van der Waals surface area contributed by atoms with Crippen LogP contribution in [-0.4, -0.2) is 45.0 Å². The fourth-order valence-corrected chi connectivity index (χ4v) is 4.99. The van der Waals surface area contributed by atoms with Gasteiger partial charge in [-0.05, 0) is 63.1 Å². The average Bonchev–Trinajstić information content (AvgIpc) is 3.26. The predicted molar refractivity (Wildman–Crippen MR) is 115 cm³/mol. The molecule has 5 rings (SSSR count). The first kappa shape index (κ1) is 19.5. The maximum Gasteiger partial charge on any atom is 0.246 e. The molecule has 8 heteroatoms. The van der Waals surface area contributed by atoms with E-state index in [0.29, 0.717) is 18.4 Å². The standard InChI is InChI=1S/C22H30N6O2/c1-13-10-17(16-12-21(30)27(2)18(16)11-13)24-22-25-20-5-3-4-19(28(20)26-22)23-14-6-8-15(29)9-7-14/h10-11,14-15,19,23,29H,3-9,12H2,1-2H3,(H,24,26). The quantitative estimate of drug-likeness (QED) is 0.717. The summed E-state index contributed by atoms with van der Waals surface area (Å²) < 4.78 is 2.03. The minimum Gasteiger partial charge on any atom is -0.393 e. The normalized spacial score (nSPS) is 25.9. The number of amides is 1. The Morgan fingerprint density at radius 1 is 1.17 bits per heavy atom. The Balaban J connectivity index is 1.37. The molecule has 2 aromatic rings. The summed E-state index contributed by atoms with van der Waals surface area (Å²) in [5.41, 5.74) is 3.99. The van der Waals surface area contributed by atoms with E-state index < -0.39 is 0 Å². The van der Waals surface area contributed by atoms with E-state index in [0.717, 1.165) is 73.3 Å². The van der Waals surface area contributed by atoms with E-state index in [1.54, 1.807) is 4.90 Å². The number of benzene rings is 1. The Kier molecular flexibility index (Phi) is 4.99. The number of carbonyl (C=O) groups excluding carboxylic acids is 1. The number of aliphatic hydroxyl groups is 1. The molecule has 30 heavy (non-hydrogen) atoms. The largest absolute Gasteiger partial charge is 0.393 e. The van der Waals surface area contributed by atoms with Crippen molar-refractivity contribution in [3.63, 3.8) is 0 Å². The van der Waals surface area contributed by atoms with Crippen molar-refractivity contribution < 1.29 is 9.90 Å². The first-order valence-corrected chi connectivity index (χ1v) is 11.0. The van der Waals surface area contributed by atoms with Crippen LogP contribution in [-0.2, 0) is 17.6 Å². The van der Waals surface area contributed by atoms with E-state index in [2.05, 4.69) is 22.8 Å². The number of nitrogens with zero attached hydrogens (tertiary/aromatic N) is 4.